The molecule has 23 heavy (non-hydrogen) atoms. The third-order valence-electron chi connectivity index (χ3n) is 4.21. The van der Waals surface area contributed by atoms with E-state index in [4.69, 9.17) is 9.68 Å². The normalized spacial score (nSPS) is 15.4. The topological polar surface area (TPSA) is 60.5 Å². The molecular weight excluding hydrogens is 290 g/mol. The Morgan fingerprint density at radius 1 is 1.17 bits per heavy atom. The molecule has 1 fully saturated rings. The summed E-state index contributed by atoms with van der Waals surface area (Å²) in [4.78, 5) is 16.6. The zero-order chi connectivity index (χ0) is 16.2. The van der Waals surface area contributed by atoms with Gasteiger partial charge >= 0.3 is 0 Å². The molecule has 1 aliphatic rings. The average Bonchev–Trinajstić information content (AvgIpc) is 3.02. The van der Waals surface area contributed by atoms with E-state index in [-0.39, 0.29) is 5.91 Å². The molecule has 1 aromatic carbocycles. The second kappa shape index (κ2) is 6.67. The highest BCUT2D eigenvalue weighted by molar-refractivity contribution is 5.92. The lowest BCUT2D eigenvalue weighted by Gasteiger charge is -2.34. The van der Waals surface area contributed by atoms with E-state index in [0.717, 1.165) is 25.2 Å². The summed E-state index contributed by atoms with van der Waals surface area (Å²) in [6.45, 7) is 5.81. The van der Waals surface area contributed by atoms with Gasteiger partial charge in [-0.05, 0) is 30.7 Å². The summed E-state index contributed by atoms with van der Waals surface area (Å²) in [6, 6.07) is 11.6. The molecule has 2 aromatic rings. The van der Waals surface area contributed by atoms with Crippen molar-refractivity contribution in [1.82, 2.24) is 9.80 Å². The number of nitrogens with zero attached hydrogens (tertiary/aromatic N) is 3. The molecule has 1 aliphatic heterocycles. The van der Waals surface area contributed by atoms with Crippen molar-refractivity contribution in [2.75, 3.05) is 26.2 Å². The molecule has 0 spiro atoms. The molecular formula is C18H19N3O2. The smallest absolute Gasteiger partial charge is 0.289 e. The van der Waals surface area contributed by atoms with Crippen LogP contribution in [-0.2, 0) is 6.54 Å². The second-order valence-electron chi connectivity index (χ2n) is 5.81. The van der Waals surface area contributed by atoms with Crippen molar-refractivity contribution in [1.29, 1.82) is 5.26 Å². The monoisotopic (exact) mass is 309 g/mol. The number of carbonyl (C=O) groups is 1. The van der Waals surface area contributed by atoms with E-state index in [1.54, 1.807) is 6.26 Å². The molecule has 1 amide bonds. The lowest BCUT2D eigenvalue weighted by molar-refractivity contribution is 0.0597. The van der Waals surface area contributed by atoms with Gasteiger partial charge in [0.25, 0.3) is 5.91 Å². The fourth-order valence-electron chi connectivity index (χ4n) is 2.79. The quantitative estimate of drug-likeness (QED) is 0.873. The van der Waals surface area contributed by atoms with Gasteiger partial charge in [-0.2, -0.15) is 5.26 Å². The Kier molecular flexibility index (Phi) is 4.45. The Morgan fingerprint density at radius 3 is 2.43 bits per heavy atom. The molecule has 0 bridgehead atoms. The summed E-state index contributed by atoms with van der Waals surface area (Å²) < 4.78 is 5.29. The van der Waals surface area contributed by atoms with Crippen molar-refractivity contribution < 1.29 is 9.21 Å². The SMILES string of the molecule is Cc1ccoc1C(=O)N1CCN(Cc2ccc(C#N)cc2)CC1. The highest BCUT2D eigenvalue weighted by Crippen LogP contribution is 2.15. The third-order valence-corrected chi connectivity index (χ3v) is 4.21. The van der Waals surface area contributed by atoms with E-state index in [2.05, 4.69) is 11.0 Å². The molecule has 5 heteroatoms. The first-order valence-electron chi connectivity index (χ1n) is 7.72. The zero-order valence-corrected chi connectivity index (χ0v) is 13.2. The van der Waals surface area contributed by atoms with Crippen LogP contribution in [0.1, 0.15) is 27.2 Å². The second-order valence-corrected chi connectivity index (χ2v) is 5.81. The van der Waals surface area contributed by atoms with Crippen LogP contribution in [0.2, 0.25) is 0 Å². The molecule has 0 N–H and O–H groups in total. The van der Waals surface area contributed by atoms with Crippen molar-refractivity contribution in [2.45, 2.75) is 13.5 Å². The molecule has 3 rings (SSSR count). The number of nitriles is 1. The molecule has 1 aromatic heterocycles. The highest BCUT2D eigenvalue weighted by Gasteiger charge is 2.24. The van der Waals surface area contributed by atoms with E-state index < -0.39 is 0 Å². The largest absolute Gasteiger partial charge is 0.459 e. The number of piperazine rings is 1. The molecule has 0 atom stereocenters. The number of benzene rings is 1. The van der Waals surface area contributed by atoms with Gasteiger partial charge in [0.1, 0.15) is 0 Å². The Labute approximate surface area is 135 Å². The standard InChI is InChI=1S/C18H19N3O2/c1-14-6-11-23-17(14)18(22)21-9-7-20(8-10-21)13-16-4-2-15(12-19)3-5-16/h2-6,11H,7-10,13H2,1H3. The van der Waals surface area contributed by atoms with Gasteiger partial charge in [0.05, 0.1) is 17.9 Å². The summed E-state index contributed by atoms with van der Waals surface area (Å²) in [5, 5.41) is 8.82. The van der Waals surface area contributed by atoms with Gasteiger partial charge in [0.2, 0.25) is 0 Å². The number of furan rings is 1. The number of rotatable bonds is 3. The summed E-state index contributed by atoms with van der Waals surface area (Å²) in [5.74, 6) is 0.427. The van der Waals surface area contributed by atoms with Gasteiger partial charge < -0.3 is 9.32 Å². The van der Waals surface area contributed by atoms with Crippen LogP contribution >= 0.6 is 0 Å². The number of carbonyl (C=O) groups excluding carboxylic acids is 1. The van der Waals surface area contributed by atoms with Gasteiger partial charge in [0.15, 0.2) is 5.76 Å². The first kappa shape index (κ1) is 15.3. The molecule has 0 saturated carbocycles. The van der Waals surface area contributed by atoms with Crippen LogP contribution in [-0.4, -0.2) is 41.9 Å². The van der Waals surface area contributed by atoms with Crippen LogP contribution in [0.3, 0.4) is 0 Å². The van der Waals surface area contributed by atoms with Crippen molar-refractivity contribution in [3.05, 3.63) is 59.0 Å². The first-order chi connectivity index (χ1) is 11.2. The van der Waals surface area contributed by atoms with E-state index in [1.165, 1.54) is 5.56 Å². The lowest BCUT2D eigenvalue weighted by atomic mass is 10.1. The van der Waals surface area contributed by atoms with Crippen LogP contribution < -0.4 is 0 Å². The summed E-state index contributed by atoms with van der Waals surface area (Å²) in [6.07, 6.45) is 1.56. The number of hydrogen-bond donors (Lipinski definition) is 0. The maximum absolute atomic E-state index is 12.4. The van der Waals surface area contributed by atoms with Gasteiger partial charge in [-0.3, -0.25) is 9.69 Å². The predicted molar refractivity (Wildman–Crippen MR) is 85.8 cm³/mol. The molecule has 0 aliphatic carbocycles. The number of amides is 1. The fourth-order valence-corrected chi connectivity index (χ4v) is 2.79. The minimum atomic E-state index is -0.0227. The van der Waals surface area contributed by atoms with E-state index >= 15 is 0 Å². The molecule has 2 heterocycles. The molecule has 1 saturated heterocycles. The zero-order valence-electron chi connectivity index (χ0n) is 13.2. The highest BCUT2D eigenvalue weighted by atomic mass is 16.3. The first-order valence-corrected chi connectivity index (χ1v) is 7.72. The molecule has 118 valence electrons. The van der Waals surface area contributed by atoms with Gasteiger partial charge in [0, 0.05) is 38.3 Å². The van der Waals surface area contributed by atoms with Crippen molar-refractivity contribution in [3.63, 3.8) is 0 Å². The van der Waals surface area contributed by atoms with Crippen LogP contribution in [0, 0.1) is 18.3 Å². The number of aryl methyl sites for hydroxylation is 1. The van der Waals surface area contributed by atoms with Gasteiger partial charge in [-0.1, -0.05) is 12.1 Å². The lowest BCUT2D eigenvalue weighted by Crippen LogP contribution is -2.48. The van der Waals surface area contributed by atoms with Crippen LogP contribution in [0.25, 0.3) is 0 Å². The Morgan fingerprint density at radius 2 is 1.87 bits per heavy atom. The molecule has 5 nitrogen and oxygen atoms in total. The minimum Gasteiger partial charge on any atom is -0.459 e. The summed E-state index contributed by atoms with van der Waals surface area (Å²) >= 11 is 0. The molecule has 0 unspecified atom stereocenters. The van der Waals surface area contributed by atoms with Crippen LogP contribution in [0.5, 0.6) is 0 Å². The third kappa shape index (κ3) is 3.43. The van der Waals surface area contributed by atoms with Gasteiger partial charge in [-0.25, -0.2) is 0 Å². The van der Waals surface area contributed by atoms with Crippen LogP contribution in [0.15, 0.2) is 41.0 Å². The maximum atomic E-state index is 12.4. The summed E-state index contributed by atoms with van der Waals surface area (Å²) in [7, 11) is 0. The Balaban J connectivity index is 1.55. The number of hydrogen-bond acceptors (Lipinski definition) is 4. The maximum Gasteiger partial charge on any atom is 0.289 e. The van der Waals surface area contributed by atoms with Crippen molar-refractivity contribution in [2.24, 2.45) is 0 Å². The summed E-state index contributed by atoms with van der Waals surface area (Å²) in [5.41, 5.74) is 2.75. The van der Waals surface area contributed by atoms with Crippen molar-refractivity contribution >= 4 is 5.91 Å². The van der Waals surface area contributed by atoms with E-state index in [0.29, 0.717) is 24.4 Å². The average molecular weight is 309 g/mol. The van der Waals surface area contributed by atoms with E-state index in [1.807, 2.05) is 42.2 Å². The van der Waals surface area contributed by atoms with Gasteiger partial charge in [-0.15, -0.1) is 0 Å². The van der Waals surface area contributed by atoms with Crippen LogP contribution in [0.4, 0.5) is 0 Å². The fraction of sp³-hybridized carbons (Fsp3) is 0.333. The minimum absolute atomic E-state index is 0.0227. The Hall–Kier alpha value is -2.58. The Bertz CT molecular complexity index is 719. The van der Waals surface area contributed by atoms with Crippen molar-refractivity contribution in [3.8, 4) is 6.07 Å². The molecule has 0 radical (unpaired) electrons. The predicted octanol–water partition coefficient (Wildman–Crippen LogP) is 2.42. The van der Waals surface area contributed by atoms with E-state index in [9.17, 15) is 4.79 Å².